The van der Waals surface area contributed by atoms with Crippen LogP contribution in [-0.4, -0.2) is 18.1 Å². The third-order valence-electron chi connectivity index (χ3n) is 1.93. The van der Waals surface area contributed by atoms with Gasteiger partial charge in [-0.05, 0) is 6.92 Å². The topological polar surface area (TPSA) is 24.9 Å². The molecule has 10 heavy (non-hydrogen) atoms. The van der Waals surface area contributed by atoms with Crippen LogP contribution in [0.15, 0.2) is 5.51 Å². The molecule has 2 rings (SSSR count). The van der Waals surface area contributed by atoms with Gasteiger partial charge in [-0.25, -0.2) is 4.98 Å². The van der Waals surface area contributed by atoms with Crippen molar-refractivity contribution in [3.8, 4) is 0 Å². The molecule has 0 saturated carbocycles. The number of aryl methyl sites for hydroxylation is 1. The third-order valence-corrected chi connectivity index (χ3v) is 3.03. The Morgan fingerprint density at radius 3 is 2.90 bits per heavy atom. The molecule has 0 spiro atoms. The van der Waals surface area contributed by atoms with Crippen molar-refractivity contribution in [1.82, 2.24) is 10.3 Å². The molecule has 1 aromatic heterocycles. The largest absolute Gasteiger partial charge is 0.315 e. The van der Waals surface area contributed by atoms with Crippen LogP contribution in [0.2, 0.25) is 0 Å². The van der Waals surface area contributed by atoms with E-state index in [1.807, 2.05) is 5.51 Å². The fraction of sp³-hybridized carbons (Fsp3) is 0.571. The summed E-state index contributed by atoms with van der Waals surface area (Å²) in [5.41, 5.74) is 3.15. The third kappa shape index (κ3) is 0.859. The first kappa shape index (κ1) is 6.31. The van der Waals surface area contributed by atoms with Crippen LogP contribution < -0.4 is 5.32 Å². The molecule has 1 saturated heterocycles. The molecule has 1 N–H and O–H groups in total. The lowest BCUT2D eigenvalue weighted by atomic mass is 10.0. The van der Waals surface area contributed by atoms with Gasteiger partial charge in [-0.3, -0.25) is 0 Å². The van der Waals surface area contributed by atoms with Crippen LogP contribution in [0.1, 0.15) is 16.5 Å². The first-order valence-corrected chi connectivity index (χ1v) is 4.36. The van der Waals surface area contributed by atoms with Crippen LogP contribution in [-0.2, 0) is 0 Å². The van der Waals surface area contributed by atoms with E-state index >= 15 is 0 Å². The molecule has 2 heterocycles. The van der Waals surface area contributed by atoms with Crippen molar-refractivity contribution in [3.63, 3.8) is 0 Å². The number of thiazole rings is 1. The molecule has 0 atom stereocenters. The zero-order chi connectivity index (χ0) is 6.97. The molecular weight excluding hydrogens is 144 g/mol. The molecule has 1 aliphatic heterocycles. The van der Waals surface area contributed by atoms with Crippen molar-refractivity contribution >= 4 is 11.3 Å². The van der Waals surface area contributed by atoms with Crippen LogP contribution >= 0.6 is 11.3 Å². The zero-order valence-electron chi connectivity index (χ0n) is 5.92. The minimum atomic E-state index is 0.757. The van der Waals surface area contributed by atoms with Crippen LogP contribution in [0, 0.1) is 6.92 Å². The summed E-state index contributed by atoms with van der Waals surface area (Å²) >= 11 is 1.78. The van der Waals surface area contributed by atoms with Crippen molar-refractivity contribution in [2.24, 2.45) is 0 Å². The second-order valence-electron chi connectivity index (χ2n) is 2.66. The smallest absolute Gasteiger partial charge is 0.0797 e. The van der Waals surface area contributed by atoms with Gasteiger partial charge < -0.3 is 5.32 Å². The lowest BCUT2D eigenvalue weighted by molar-refractivity contribution is 0.452. The van der Waals surface area contributed by atoms with Gasteiger partial charge in [0.25, 0.3) is 0 Å². The highest BCUT2D eigenvalue weighted by atomic mass is 32.1. The van der Waals surface area contributed by atoms with Gasteiger partial charge >= 0.3 is 0 Å². The van der Waals surface area contributed by atoms with Gasteiger partial charge in [0.1, 0.15) is 0 Å². The quantitative estimate of drug-likeness (QED) is 0.656. The zero-order valence-corrected chi connectivity index (χ0v) is 6.74. The van der Waals surface area contributed by atoms with E-state index in [1.54, 1.807) is 11.3 Å². The van der Waals surface area contributed by atoms with E-state index in [0.717, 1.165) is 19.0 Å². The maximum Gasteiger partial charge on any atom is 0.0797 e. The summed E-state index contributed by atoms with van der Waals surface area (Å²) in [5, 5.41) is 3.26. The second-order valence-corrected chi connectivity index (χ2v) is 3.54. The monoisotopic (exact) mass is 154 g/mol. The highest BCUT2D eigenvalue weighted by Gasteiger charge is 2.21. The minimum Gasteiger partial charge on any atom is -0.315 e. The van der Waals surface area contributed by atoms with Crippen molar-refractivity contribution < 1.29 is 0 Å². The van der Waals surface area contributed by atoms with Crippen LogP contribution in [0.25, 0.3) is 0 Å². The van der Waals surface area contributed by atoms with Crippen molar-refractivity contribution in [2.75, 3.05) is 13.1 Å². The van der Waals surface area contributed by atoms with Crippen molar-refractivity contribution in [1.29, 1.82) is 0 Å². The standard InChI is InChI=1S/C7H10N2S/c1-5-7(10-4-9-5)6-2-8-3-6/h4,6,8H,2-3H2,1H3. The van der Waals surface area contributed by atoms with Gasteiger partial charge in [-0.1, -0.05) is 0 Å². The minimum absolute atomic E-state index is 0.757. The van der Waals surface area contributed by atoms with E-state index in [0.29, 0.717) is 0 Å². The summed E-state index contributed by atoms with van der Waals surface area (Å²) in [6.45, 7) is 4.37. The molecule has 0 aromatic carbocycles. The Bertz CT molecular complexity index is 227. The molecule has 54 valence electrons. The SMILES string of the molecule is Cc1ncsc1C1CNC1. The summed E-state index contributed by atoms with van der Waals surface area (Å²) in [6.07, 6.45) is 0. The molecule has 1 fully saturated rings. The van der Waals surface area contributed by atoms with E-state index in [4.69, 9.17) is 0 Å². The molecule has 0 unspecified atom stereocenters. The molecular formula is C7H10N2S. The number of rotatable bonds is 1. The molecule has 0 radical (unpaired) electrons. The van der Waals surface area contributed by atoms with Crippen LogP contribution in [0.5, 0.6) is 0 Å². The molecule has 0 bridgehead atoms. The maximum absolute atomic E-state index is 4.21. The lowest BCUT2D eigenvalue weighted by Crippen LogP contribution is -2.39. The first-order valence-electron chi connectivity index (χ1n) is 3.48. The van der Waals surface area contributed by atoms with Gasteiger partial charge in [0.15, 0.2) is 0 Å². The number of hydrogen-bond donors (Lipinski definition) is 1. The molecule has 0 amide bonds. The lowest BCUT2D eigenvalue weighted by Gasteiger charge is -2.26. The summed E-state index contributed by atoms with van der Waals surface area (Å²) in [7, 11) is 0. The normalized spacial score (nSPS) is 18.9. The predicted molar refractivity (Wildman–Crippen MR) is 42.5 cm³/mol. The molecule has 1 aromatic rings. The second kappa shape index (κ2) is 2.32. The number of aromatic nitrogens is 1. The van der Waals surface area contributed by atoms with E-state index in [2.05, 4.69) is 17.2 Å². The molecule has 0 aliphatic carbocycles. The highest BCUT2D eigenvalue weighted by Crippen LogP contribution is 2.25. The number of nitrogens with one attached hydrogen (secondary N) is 1. The Labute approximate surface area is 64.3 Å². The Morgan fingerprint density at radius 2 is 2.50 bits per heavy atom. The Balaban J connectivity index is 2.23. The molecule has 2 nitrogen and oxygen atoms in total. The van der Waals surface area contributed by atoms with Crippen molar-refractivity contribution in [3.05, 3.63) is 16.1 Å². The summed E-state index contributed by atoms with van der Waals surface area (Å²) < 4.78 is 0. The van der Waals surface area contributed by atoms with E-state index in [1.165, 1.54) is 10.6 Å². The highest BCUT2D eigenvalue weighted by molar-refractivity contribution is 7.09. The van der Waals surface area contributed by atoms with Crippen LogP contribution in [0.4, 0.5) is 0 Å². The van der Waals surface area contributed by atoms with Gasteiger partial charge in [0, 0.05) is 23.9 Å². The van der Waals surface area contributed by atoms with Gasteiger partial charge in [-0.15, -0.1) is 11.3 Å². The van der Waals surface area contributed by atoms with E-state index < -0.39 is 0 Å². The fourth-order valence-electron chi connectivity index (χ4n) is 1.18. The molecule has 3 heteroatoms. The van der Waals surface area contributed by atoms with Gasteiger partial charge in [-0.2, -0.15) is 0 Å². The number of nitrogens with zero attached hydrogens (tertiary/aromatic N) is 1. The average Bonchev–Trinajstić information content (AvgIpc) is 2.12. The fourth-order valence-corrected chi connectivity index (χ4v) is 2.08. The number of hydrogen-bond acceptors (Lipinski definition) is 3. The van der Waals surface area contributed by atoms with E-state index in [-0.39, 0.29) is 0 Å². The Morgan fingerprint density at radius 1 is 1.70 bits per heavy atom. The maximum atomic E-state index is 4.21. The van der Waals surface area contributed by atoms with Gasteiger partial charge in [0.05, 0.1) is 11.2 Å². The summed E-state index contributed by atoms with van der Waals surface area (Å²) in [6, 6.07) is 0. The predicted octanol–water partition coefficient (Wildman–Crippen LogP) is 1.14. The summed E-state index contributed by atoms with van der Waals surface area (Å²) in [4.78, 5) is 5.68. The Kier molecular flexibility index (Phi) is 1.47. The summed E-state index contributed by atoms with van der Waals surface area (Å²) in [5.74, 6) is 0.757. The van der Waals surface area contributed by atoms with Gasteiger partial charge in [0.2, 0.25) is 0 Å². The first-order chi connectivity index (χ1) is 4.88. The van der Waals surface area contributed by atoms with Crippen molar-refractivity contribution in [2.45, 2.75) is 12.8 Å². The van der Waals surface area contributed by atoms with Crippen LogP contribution in [0.3, 0.4) is 0 Å². The molecule has 1 aliphatic rings. The Hall–Kier alpha value is -0.410. The average molecular weight is 154 g/mol. The van der Waals surface area contributed by atoms with E-state index in [9.17, 15) is 0 Å².